The lowest BCUT2D eigenvalue weighted by Gasteiger charge is -2.18. The molecule has 0 spiro atoms. The van der Waals surface area contributed by atoms with Gasteiger partial charge in [-0.05, 0) is 30.5 Å². The van der Waals surface area contributed by atoms with Crippen LogP contribution in [0.25, 0.3) is 0 Å². The van der Waals surface area contributed by atoms with Gasteiger partial charge in [0.05, 0.1) is 4.34 Å². The molecule has 1 aromatic heterocycles. The van der Waals surface area contributed by atoms with Gasteiger partial charge < -0.3 is 4.74 Å². The van der Waals surface area contributed by atoms with Crippen LogP contribution in [0.2, 0.25) is 14.4 Å². The first-order valence-electron chi connectivity index (χ1n) is 5.43. The lowest BCUT2D eigenvalue weighted by molar-refractivity contribution is 0.0918. The highest BCUT2D eigenvalue weighted by atomic mass is 35.5. The lowest BCUT2D eigenvalue weighted by Crippen LogP contribution is -2.06. The van der Waals surface area contributed by atoms with Crippen LogP contribution in [0.4, 0.5) is 0 Å². The Morgan fingerprint density at radius 3 is 2.50 bits per heavy atom. The average Bonchev–Trinajstić information content (AvgIpc) is 2.73. The quantitative estimate of drug-likeness (QED) is 0.688. The third kappa shape index (κ3) is 3.01. The summed E-state index contributed by atoms with van der Waals surface area (Å²) in [6.45, 7) is 2.52. The Bertz CT molecular complexity index is 539. The van der Waals surface area contributed by atoms with Gasteiger partial charge in [0.25, 0.3) is 0 Å². The van der Waals surface area contributed by atoms with Crippen molar-refractivity contribution in [1.82, 2.24) is 0 Å². The molecule has 0 N–H and O–H groups in total. The molecular formula is C13H11Cl3OS. The maximum Gasteiger partial charge on any atom is 0.111 e. The number of hydrogen-bond donors (Lipinski definition) is 0. The smallest absolute Gasteiger partial charge is 0.111 e. The number of hydrogen-bond acceptors (Lipinski definition) is 2. The van der Waals surface area contributed by atoms with Crippen molar-refractivity contribution in [1.29, 1.82) is 0 Å². The number of benzene rings is 1. The van der Waals surface area contributed by atoms with Gasteiger partial charge in [0.15, 0.2) is 0 Å². The standard InChI is InChI=1S/C13H11Cl3OS/c1-2-17-12(10-5-6-18-13(10)16)9-4-3-8(14)7-11(9)15/h3-7,12H,2H2,1H3. The fourth-order valence-corrected chi connectivity index (χ4v) is 3.19. The van der Waals surface area contributed by atoms with Crippen molar-refractivity contribution in [2.24, 2.45) is 0 Å². The fraction of sp³-hybridized carbons (Fsp3) is 0.231. The van der Waals surface area contributed by atoms with Crippen LogP contribution < -0.4 is 0 Å². The number of halogens is 3. The van der Waals surface area contributed by atoms with E-state index in [1.807, 2.05) is 24.4 Å². The molecule has 0 aliphatic rings. The van der Waals surface area contributed by atoms with E-state index in [1.165, 1.54) is 11.3 Å². The van der Waals surface area contributed by atoms with Crippen molar-refractivity contribution in [3.05, 3.63) is 55.2 Å². The first kappa shape index (κ1) is 14.2. The molecule has 0 fully saturated rings. The van der Waals surface area contributed by atoms with E-state index in [0.717, 1.165) is 15.5 Å². The van der Waals surface area contributed by atoms with E-state index >= 15 is 0 Å². The molecule has 0 aliphatic heterocycles. The molecule has 0 aliphatic carbocycles. The molecule has 96 valence electrons. The zero-order valence-corrected chi connectivity index (χ0v) is 12.7. The minimum atomic E-state index is -0.251. The Labute approximate surface area is 125 Å². The van der Waals surface area contributed by atoms with Crippen molar-refractivity contribution in [2.75, 3.05) is 6.61 Å². The molecule has 1 atom stereocenters. The minimum absolute atomic E-state index is 0.251. The van der Waals surface area contributed by atoms with E-state index in [-0.39, 0.29) is 6.10 Å². The zero-order valence-electron chi connectivity index (χ0n) is 9.62. The molecule has 5 heteroatoms. The van der Waals surface area contributed by atoms with Crippen LogP contribution in [-0.4, -0.2) is 6.61 Å². The van der Waals surface area contributed by atoms with Crippen molar-refractivity contribution in [3.63, 3.8) is 0 Å². The highest BCUT2D eigenvalue weighted by Gasteiger charge is 2.20. The van der Waals surface area contributed by atoms with Gasteiger partial charge in [-0.2, -0.15) is 0 Å². The first-order valence-corrected chi connectivity index (χ1v) is 7.44. The van der Waals surface area contributed by atoms with E-state index in [9.17, 15) is 0 Å². The lowest BCUT2D eigenvalue weighted by atomic mass is 10.0. The van der Waals surface area contributed by atoms with Gasteiger partial charge in [-0.15, -0.1) is 11.3 Å². The van der Waals surface area contributed by atoms with Gasteiger partial charge in [-0.25, -0.2) is 0 Å². The molecule has 1 unspecified atom stereocenters. The molecule has 0 amide bonds. The van der Waals surface area contributed by atoms with E-state index in [4.69, 9.17) is 39.5 Å². The van der Waals surface area contributed by atoms with E-state index in [2.05, 4.69) is 0 Å². The van der Waals surface area contributed by atoms with E-state index in [0.29, 0.717) is 16.7 Å². The summed E-state index contributed by atoms with van der Waals surface area (Å²) < 4.78 is 6.49. The SMILES string of the molecule is CCOC(c1ccc(Cl)cc1Cl)c1ccsc1Cl. The maximum atomic E-state index is 6.23. The fourth-order valence-electron chi connectivity index (χ4n) is 1.72. The summed E-state index contributed by atoms with van der Waals surface area (Å²) in [5.74, 6) is 0. The largest absolute Gasteiger partial charge is 0.369 e. The minimum Gasteiger partial charge on any atom is -0.369 e. The normalized spacial score (nSPS) is 12.7. The molecule has 2 aromatic rings. The number of rotatable bonds is 4. The van der Waals surface area contributed by atoms with Crippen LogP contribution in [-0.2, 0) is 4.74 Å². The predicted molar refractivity (Wildman–Crippen MR) is 79.3 cm³/mol. The van der Waals surface area contributed by atoms with Gasteiger partial charge in [0.1, 0.15) is 6.10 Å². The van der Waals surface area contributed by atoms with Crippen LogP contribution in [0.3, 0.4) is 0 Å². The summed E-state index contributed by atoms with van der Waals surface area (Å²) in [5, 5.41) is 3.13. The summed E-state index contributed by atoms with van der Waals surface area (Å²) in [4.78, 5) is 0. The Morgan fingerprint density at radius 2 is 1.94 bits per heavy atom. The second-order valence-electron chi connectivity index (χ2n) is 3.65. The van der Waals surface area contributed by atoms with Crippen LogP contribution in [0.5, 0.6) is 0 Å². The summed E-state index contributed by atoms with van der Waals surface area (Å²) in [6, 6.07) is 7.34. The van der Waals surface area contributed by atoms with Gasteiger partial charge in [0.2, 0.25) is 0 Å². The summed E-state index contributed by atoms with van der Waals surface area (Å²) in [5.41, 5.74) is 1.82. The number of ether oxygens (including phenoxy) is 1. The highest BCUT2D eigenvalue weighted by Crippen LogP contribution is 2.38. The van der Waals surface area contributed by atoms with Crippen LogP contribution in [0.15, 0.2) is 29.6 Å². The molecule has 2 rings (SSSR count). The van der Waals surface area contributed by atoms with Gasteiger partial charge in [-0.3, -0.25) is 0 Å². The third-order valence-electron chi connectivity index (χ3n) is 2.51. The van der Waals surface area contributed by atoms with Gasteiger partial charge >= 0.3 is 0 Å². The summed E-state index contributed by atoms with van der Waals surface area (Å²) in [6.07, 6.45) is -0.251. The maximum absolute atomic E-state index is 6.23. The highest BCUT2D eigenvalue weighted by molar-refractivity contribution is 7.14. The van der Waals surface area contributed by atoms with Gasteiger partial charge in [-0.1, -0.05) is 40.9 Å². The Hall–Kier alpha value is -0.250. The van der Waals surface area contributed by atoms with E-state index in [1.54, 1.807) is 12.1 Å². The molecule has 0 bridgehead atoms. The van der Waals surface area contributed by atoms with Gasteiger partial charge in [0, 0.05) is 27.8 Å². The molecule has 1 heterocycles. The summed E-state index contributed by atoms with van der Waals surface area (Å²) in [7, 11) is 0. The topological polar surface area (TPSA) is 9.23 Å². The molecule has 0 radical (unpaired) electrons. The van der Waals surface area contributed by atoms with Crippen LogP contribution >= 0.6 is 46.1 Å². The molecule has 0 saturated carbocycles. The zero-order chi connectivity index (χ0) is 13.1. The molecule has 1 aromatic carbocycles. The average molecular weight is 322 g/mol. The Kier molecular flexibility index (Phi) is 4.93. The molecule has 0 saturated heterocycles. The summed E-state index contributed by atoms with van der Waals surface area (Å²) >= 11 is 19.8. The second-order valence-corrected chi connectivity index (χ2v) is 6.01. The molecular weight excluding hydrogens is 311 g/mol. The second kappa shape index (κ2) is 6.27. The van der Waals surface area contributed by atoms with Crippen LogP contribution in [0, 0.1) is 0 Å². The molecule has 1 nitrogen and oxygen atoms in total. The predicted octanol–water partition coefficient (Wildman–Crippen LogP) is 5.83. The Morgan fingerprint density at radius 1 is 1.17 bits per heavy atom. The van der Waals surface area contributed by atoms with Crippen LogP contribution in [0.1, 0.15) is 24.2 Å². The van der Waals surface area contributed by atoms with Crippen molar-refractivity contribution in [3.8, 4) is 0 Å². The Balaban J connectivity index is 2.45. The van der Waals surface area contributed by atoms with Crippen molar-refractivity contribution in [2.45, 2.75) is 13.0 Å². The number of thiophene rings is 1. The molecule has 18 heavy (non-hydrogen) atoms. The third-order valence-corrected chi connectivity index (χ3v) is 4.27. The van der Waals surface area contributed by atoms with Crippen molar-refractivity contribution >= 4 is 46.1 Å². The monoisotopic (exact) mass is 320 g/mol. The van der Waals surface area contributed by atoms with Crippen molar-refractivity contribution < 1.29 is 4.74 Å². The van der Waals surface area contributed by atoms with E-state index < -0.39 is 0 Å². The first-order chi connectivity index (χ1) is 8.63.